The van der Waals surface area contributed by atoms with Crippen molar-refractivity contribution in [3.8, 4) is 0 Å². The number of nitrogens with zero attached hydrogens (tertiary/aromatic N) is 2. The van der Waals surface area contributed by atoms with Crippen molar-refractivity contribution in [2.24, 2.45) is 0 Å². The summed E-state index contributed by atoms with van der Waals surface area (Å²) in [5.41, 5.74) is 0.489. The van der Waals surface area contributed by atoms with E-state index >= 15 is 0 Å². The van der Waals surface area contributed by atoms with Crippen LogP contribution in [0, 0.1) is 0 Å². The van der Waals surface area contributed by atoms with Crippen molar-refractivity contribution in [3.63, 3.8) is 0 Å². The molecule has 3 aliphatic rings. The molecule has 3 aliphatic heterocycles. The van der Waals surface area contributed by atoms with Crippen molar-refractivity contribution >= 4 is 5.91 Å². The molecule has 20 heavy (non-hydrogen) atoms. The summed E-state index contributed by atoms with van der Waals surface area (Å²) in [6.07, 6.45) is 10.7. The summed E-state index contributed by atoms with van der Waals surface area (Å²) >= 11 is 0. The van der Waals surface area contributed by atoms with Gasteiger partial charge in [0.25, 0.3) is 0 Å². The van der Waals surface area contributed by atoms with Gasteiger partial charge >= 0.3 is 0 Å². The van der Waals surface area contributed by atoms with Gasteiger partial charge in [0.1, 0.15) is 18.6 Å². The van der Waals surface area contributed by atoms with Crippen LogP contribution >= 0.6 is 0 Å². The van der Waals surface area contributed by atoms with Gasteiger partial charge in [0, 0.05) is 45.8 Å². The van der Waals surface area contributed by atoms with E-state index in [0.717, 1.165) is 26.1 Å². The van der Waals surface area contributed by atoms with Gasteiger partial charge in [0.05, 0.1) is 6.42 Å². The number of hydrogen-bond acceptors (Lipinski definition) is 2. The Kier molecular flexibility index (Phi) is 6.30. The molecule has 0 aromatic rings. The van der Waals surface area contributed by atoms with Gasteiger partial charge in [0.2, 0.25) is 5.91 Å². The molecule has 1 N–H and O–H groups in total. The number of nitrogens with one attached hydrogen (secondary N) is 1. The maximum absolute atomic E-state index is 10.7. The summed E-state index contributed by atoms with van der Waals surface area (Å²) in [4.78, 5) is 13.3. The van der Waals surface area contributed by atoms with Crippen LogP contribution in [0.3, 0.4) is 0 Å². The molecule has 0 spiro atoms. The van der Waals surface area contributed by atoms with Crippen LogP contribution in [0.1, 0.15) is 58.3 Å². The van der Waals surface area contributed by atoms with Gasteiger partial charge < -0.3 is 5.32 Å². The Balaban J connectivity index is 0.000000178. The van der Waals surface area contributed by atoms with Crippen molar-refractivity contribution in [2.75, 3.05) is 32.7 Å². The zero-order valence-corrected chi connectivity index (χ0v) is 13.0. The molecule has 114 valence electrons. The molecule has 0 aromatic carbocycles. The number of carbonyl (C=O) groups excluding carboxylic acids is 1. The van der Waals surface area contributed by atoms with E-state index in [4.69, 9.17) is 0 Å². The SMILES string of the molecule is C1CCC[N]CC1.CC(=O)NCCC12CCC[N+]1CC2. The van der Waals surface area contributed by atoms with Gasteiger partial charge in [-0.1, -0.05) is 12.8 Å². The summed E-state index contributed by atoms with van der Waals surface area (Å²) in [6, 6.07) is 0. The minimum Gasteiger partial charge on any atom is -0.356 e. The summed E-state index contributed by atoms with van der Waals surface area (Å²) in [5, 5.41) is 7.16. The Morgan fingerprint density at radius 3 is 2.40 bits per heavy atom. The van der Waals surface area contributed by atoms with Crippen molar-refractivity contribution in [1.82, 2.24) is 15.5 Å². The highest BCUT2D eigenvalue weighted by molar-refractivity contribution is 5.72. The Bertz CT molecular complexity index is 288. The highest BCUT2D eigenvalue weighted by atomic mass is 16.1. The number of hydrogen-bond donors (Lipinski definition) is 1. The lowest BCUT2D eigenvalue weighted by atomic mass is 9.82. The van der Waals surface area contributed by atoms with Crippen molar-refractivity contribution in [3.05, 3.63) is 0 Å². The van der Waals surface area contributed by atoms with Gasteiger partial charge in [-0.2, -0.15) is 4.90 Å². The van der Waals surface area contributed by atoms with Crippen LogP contribution in [0.5, 0.6) is 0 Å². The first-order valence-electron chi connectivity index (χ1n) is 8.36. The van der Waals surface area contributed by atoms with E-state index in [9.17, 15) is 4.79 Å². The fourth-order valence-electron chi connectivity index (χ4n) is 3.61. The molecule has 3 rings (SSSR count). The van der Waals surface area contributed by atoms with Gasteiger partial charge in [-0.25, -0.2) is 5.32 Å². The predicted octanol–water partition coefficient (Wildman–Crippen LogP) is 1.75. The second kappa shape index (κ2) is 7.99. The highest BCUT2D eigenvalue weighted by Crippen LogP contribution is 2.40. The molecule has 2 radical (unpaired) electrons. The lowest BCUT2D eigenvalue weighted by Gasteiger charge is -2.38. The molecule has 0 aromatic heterocycles. The van der Waals surface area contributed by atoms with Crippen molar-refractivity contribution in [2.45, 2.75) is 63.8 Å². The standard InChI is InChI=1S/C10H18N2O.C6H12N/c1-9(13)11-6-4-10-3-2-7-12(10)8-5-10;1-2-4-6-7-5-3-1/h2-8H2,1H3,(H,11,13);1-6H2/q+1;. The average Bonchev–Trinajstić information content (AvgIpc) is 2.66. The molecule has 4 heteroatoms. The van der Waals surface area contributed by atoms with Crippen molar-refractivity contribution in [1.29, 1.82) is 0 Å². The molecule has 3 saturated heterocycles. The Morgan fingerprint density at radius 1 is 1.10 bits per heavy atom. The summed E-state index contributed by atoms with van der Waals surface area (Å²) in [5.74, 6) is 0.0975. The Morgan fingerprint density at radius 2 is 1.85 bits per heavy atom. The van der Waals surface area contributed by atoms with Crippen LogP contribution in [-0.4, -0.2) is 44.2 Å². The predicted molar refractivity (Wildman–Crippen MR) is 82.1 cm³/mol. The average molecular weight is 280 g/mol. The zero-order chi connectivity index (χ0) is 14.3. The normalized spacial score (nSPS) is 29.4. The molecule has 3 heterocycles. The van der Waals surface area contributed by atoms with Crippen molar-refractivity contribution < 1.29 is 4.79 Å². The summed E-state index contributed by atoms with van der Waals surface area (Å²) in [7, 11) is 0. The molecule has 1 amide bonds. The van der Waals surface area contributed by atoms with Gasteiger partial charge in [0.15, 0.2) is 0 Å². The zero-order valence-electron chi connectivity index (χ0n) is 13.0. The largest absolute Gasteiger partial charge is 0.356 e. The quantitative estimate of drug-likeness (QED) is 0.787. The summed E-state index contributed by atoms with van der Waals surface area (Å²) < 4.78 is 0. The molecular weight excluding hydrogens is 250 g/mol. The van der Waals surface area contributed by atoms with E-state index in [-0.39, 0.29) is 5.91 Å². The van der Waals surface area contributed by atoms with Crippen LogP contribution in [0.25, 0.3) is 0 Å². The third-order valence-electron chi connectivity index (χ3n) is 4.93. The molecular formula is C16H30N3O+. The molecule has 0 bridgehead atoms. The van der Waals surface area contributed by atoms with E-state index in [1.165, 1.54) is 58.0 Å². The van der Waals surface area contributed by atoms with E-state index < -0.39 is 0 Å². The van der Waals surface area contributed by atoms with Crippen LogP contribution in [0.15, 0.2) is 0 Å². The topological polar surface area (TPSA) is 49.1 Å². The first-order valence-corrected chi connectivity index (χ1v) is 8.36. The van der Waals surface area contributed by atoms with Crippen LogP contribution in [-0.2, 0) is 4.79 Å². The van der Waals surface area contributed by atoms with E-state index in [2.05, 4.69) is 15.5 Å². The molecule has 3 fully saturated rings. The second-order valence-corrected chi connectivity index (χ2v) is 6.38. The highest BCUT2D eigenvalue weighted by Gasteiger charge is 2.56. The van der Waals surface area contributed by atoms with E-state index in [1.54, 1.807) is 6.92 Å². The third kappa shape index (κ3) is 4.45. The Labute approximate surface area is 123 Å². The molecule has 1 atom stereocenters. The minimum absolute atomic E-state index is 0.0975. The van der Waals surface area contributed by atoms with E-state index in [0.29, 0.717) is 5.54 Å². The molecule has 4 nitrogen and oxygen atoms in total. The fraction of sp³-hybridized carbons (Fsp3) is 0.938. The monoisotopic (exact) mass is 280 g/mol. The van der Waals surface area contributed by atoms with Gasteiger partial charge in [-0.3, -0.25) is 4.79 Å². The number of carbonyl (C=O) groups is 1. The first-order chi connectivity index (χ1) is 9.73. The third-order valence-corrected chi connectivity index (χ3v) is 4.93. The fourth-order valence-corrected chi connectivity index (χ4v) is 3.61. The molecule has 1 unspecified atom stereocenters. The number of rotatable bonds is 3. The lowest BCUT2D eigenvalue weighted by Crippen LogP contribution is -2.60. The maximum atomic E-state index is 10.7. The second-order valence-electron chi connectivity index (χ2n) is 6.38. The van der Waals surface area contributed by atoms with Gasteiger partial charge in [-0.15, -0.1) is 0 Å². The molecule has 0 saturated carbocycles. The smallest absolute Gasteiger partial charge is 0.216 e. The summed E-state index contributed by atoms with van der Waals surface area (Å²) in [6.45, 7) is 7.25. The minimum atomic E-state index is 0.0975. The first kappa shape index (κ1) is 15.8. The molecule has 0 aliphatic carbocycles. The number of amides is 1. The lowest BCUT2D eigenvalue weighted by molar-refractivity contribution is -0.119. The Hall–Kier alpha value is -0.610. The van der Waals surface area contributed by atoms with Crippen LogP contribution in [0.4, 0.5) is 0 Å². The van der Waals surface area contributed by atoms with Crippen LogP contribution in [0.2, 0.25) is 0 Å². The van der Waals surface area contributed by atoms with E-state index in [1.807, 2.05) is 0 Å². The maximum Gasteiger partial charge on any atom is 0.216 e. The van der Waals surface area contributed by atoms with Gasteiger partial charge in [-0.05, 0) is 12.8 Å². The van der Waals surface area contributed by atoms with Crippen LogP contribution < -0.4 is 15.5 Å². The number of fused-ring (bicyclic) bond motifs is 1.